The molecule has 1 aliphatic heterocycles. The lowest BCUT2D eigenvalue weighted by molar-refractivity contribution is -0.122. The highest BCUT2D eigenvalue weighted by Crippen LogP contribution is 2.36. The first-order chi connectivity index (χ1) is 14.5. The van der Waals surface area contributed by atoms with Crippen LogP contribution in [0.5, 0.6) is 11.5 Å². The molecule has 1 amide bonds. The molecule has 0 aromatic heterocycles. The average molecular weight is 445 g/mol. The predicted molar refractivity (Wildman–Crippen MR) is 125 cm³/mol. The summed E-state index contributed by atoms with van der Waals surface area (Å²) in [6.07, 6.45) is 2.72. The number of carbonyl (C=O) groups excluding carboxylic acids is 1. The van der Waals surface area contributed by atoms with Gasteiger partial charge in [0, 0.05) is 11.6 Å². The van der Waals surface area contributed by atoms with Crippen molar-refractivity contribution < 1.29 is 14.3 Å². The van der Waals surface area contributed by atoms with Gasteiger partial charge in [-0.2, -0.15) is 0 Å². The van der Waals surface area contributed by atoms with Crippen LogP contribution in [0, 0.1) is 0 Å². The number of hydrogen-bond donors (Lipinski definition) is 0. The van der Waals surface area contributed by atoms with Crippen LogP contribution in [-0.4, -0.2) is 35.7 Å². The molecule has 0 N–H and O–H groups in total. The quantitative estimate of drug-likeness (QED) is 0.458. The fraction of sp³-hybridized carbons (Fsp3) is 0.304. The Bertz CT molecular complexity index is 957. The molecule has 2 aromatic rings. The SMILES string of the molecule is CCCN1C(=O)/C(=C/c2ccc(OCC)c(OCC)c2)SC1=Nc1ccc(Cl)cc1. The molecule has 3 rings (SSSR count). The first-order valence-corrected chi connectivity index (χ1v) is 11.2. The van der Waals surface area contributed by atoms with E-state index in [2.05, 4.69) is 4.99 Å². The standard InChI is InChI=1S/C23H25ClN2O3S/c1-4-13-26-22(27)21(30-23(26)25-18-10-8-17(24)9-11-18)15-16-7-12-19(28-5-2)20(14-16)29-6-3/h7-12,14-15H,4-6,13H2,1-3H3/b21-15-,25-23?. The Morgan fingerprint density at radius 2 is 1.73 bits per heavy atom. The third-order valence-electron chi connectivity index (χ3n) is 4.25. The van der Waals surface area contributed by atoms with Crippen molar-refractivity contribution in [3.05, 3.63) is 58.0 Å². The van der Waals surface area contributed by atoms with E-state index in [9.17, 15) is 4.79 Å². The number of aliphatic imine (C=N–C) groups is 1. The van der Waals surface area contributed by atoms with E-state index in [1.54, 1.807) is 17.0 Å². The molecule has 0 spiro atoms. The molecule has 0 unspecified atom stereocenters. The van der Waals surface area contributed by atoms with E-state index in [0.29, 0.717) is 46.4 Å². The van der Waals surface area contributed by atoms with Crippen molar-refractivity contribution in [1.29, 1.82) is 0 Å². The Hall–Kier alpha value is -2.44. The zero-order valence-electron chi connectivity index (χ0n) is 17.4. The smallest absolute Gasteiger partial charge is 0.266 e. The van der Waals surface area contributed by atoms with Crippen molar-refractivity contribution in [2.45, 2.75) is 27.2 Å². The predicted octanol–water partition coefficient (Wildman–Crippen LogP) is 6.15. The zero-order chi connectivity index (χ0) is 21.5. The van der Waals surface area contributed by atoms with Gasteiger partial charge in [-0.1, -0.05) is 24.6 Å². The van der Waals surface area contributed by atoms with E-state index in [0.717, 1.165) is 17.7 Å². The van der Waals surface area contributed by atoms with Crippen LogP contribution in [0.2, 0.25) is 5.02 Å². The molecule has 1 heterocycles. The van der Waals surface area contributed by atoms with Crippen LogP contribution in [0.3, 0.4) is 0 Å². The van der Waals surface area contributed by atoms with Crippen LogP contribution >= 0.6 is 23.4 Å². The molecule has 158 valence electrons. The highest BCUT2D eigenvalue weighted by atomic mass is 35.5. The maximum Gasteiger partial charge on any atom is 0.266 e. The largest absolute Gasteiger partial charge is 0.490 e. The molecule has 0 radical (unpaired) electrons. The van der Waals surface area contributed by atoms with Gasteiger partial charge >= 0.3 is 0 Å². The number of benzene rings is 2. The number of ether oxygens (including phenoxy) is 2. The summed E-state index contributed by atoms with van der Waals surface area (Å²) in [4.78, 5) is 20.0. The highest BCUT2D eigenvalue weighted by Gasteiger charge is 2.32. The van der Waals surface area contributed by atoms with E-state index in [-0.39, 0.29) is 5.91 Å². The number of nitrogens with zero attached hydrogens (tertiary/aromatic N) is 2. The summed E-state index contributed by atoms with van der Waals surface area (Å²) in [5.74, 6) is 1.33. The first-order valence-electron chi connectivity index (χ1n) is 10.0. The van der Waals surface area contributed by atoms with E-state index in [4.69, 9.17) is 21.1 Å². The summed E-state index contributed by atoms with van der Waals surface area (Å²) in [5, 5.41) is 1.33. The Morgan fingerprint density at radius 3 is 2.40 bits per heavy atom. The van der Waals surface area contributed by atoms with Gasteiger partial charge < -0.3 is 9.47 Å². The van der Waals surface area contributed by atoms with Crippen molar-refractivity contribution in [3.63, 3.8) is 0 Å². The summed E-state index contributed by atoms with van der Waals surface area (Å²) < 4.78 is 11.3. The van der Waals surface area contributed by atoms with Gasteiger partial charge in [0.1, 0.15) is 0 Å². The molecule has 2 aromatic carbocycles. The molecule has 0 aliphatic carbocycles. The number of carbonyl (C=O) groups is 1. The van der Waals surface area contributed by atoms with E-state index in [1.165, 1.54) is 11.8 Å². The van der Waals surface area contributed by atoms with Gasteiger partial charge in [-0.05, 0) is 80.1 Å². The number of amides is 1. The molecule has 5 nitrogen and oxygen atoms in total. The number of thioether (sulfide) groups is 1. The van der Waals surface area contributed by atoms with Crippen molar-refractivity contribution in [2.24, 2.45) is 4.99 Å². The fourth-order valence-corrected chi connectivity index (χ4v) is 4.10. The van der Waals surface area contributed by atoms with Crippen molar-refractivity contribution in [2.75, 3.05) is 19.8 Å². The van der Waals surface area contributed by atoms with E-state index >= 15 is 0 Å². The number of amidine groups is 1. The molecule has 0 bridgehead atoms. The summed E-state index contributed by atoms with van der Waals surface area (Å²) in [7, 11) is 0. The number of hydrogen-bond acceptors (Lipinski definition) is 5. The number of rotatable bonds is 8. The van der Waals surface area contributed by atoms with Crippen molar-refractivity contribution in [1.82, 2.24) is 4.90 Å². The Labute approximate surface area is 186 Å². The third kappa shape index (κ3) is 5.37. The number of halogens is 1. The second-order valence-corrected chi connectivity index (χ2v) is 7.96. The lowest BCUT2D eigenvalue weighted by Gasteiger charge is -2.14. The molecule has 1 fully saturated rings. The summed E-state index contributed by atoms with van der Waals surface area (Å²) in [5.41, 5.74) is 1.64. The molecular weight excluding hydrogens is 420 g/mol. The molecule has 1 saturated heterocycles. The van der Waals surface area contributed by atoms with Gasteiger partial charge in [0.2, 0.25) is 0 Å². The minimum absolute atomic E-state index is 0.0404. The minimum atomic E-state index is -0.0404. The van der Waals surface area contributed by atoms with Crippen molar-refractivity contribution >= 4 is 46.2 Å². The highest BCUT2D eigenvalue weighted by molar-refractivity contribution is 8.18. The Morgan fingerprint density at radius 1 is 1.03 bits per heavy atom. The second-order valence-electron chi connectivity index (χ2n) is 6.51. The Balaban J connectivity index is 1.92. The third-order valence-corrected chi connectivity index (χ3v) is 5.51. The maximum absolute atomic E-state index is 13.0. The van der Waals surface area contributed by atoms with Crippen LogP contribution in [-0.2, 0) is 4.79 Å². The minimum Gasteiger partial charge on any atom is -0.490 e. The van der Waals surface area contributed by atoms with Gasteiger partial charge in [-0.15, -0.1) is 0 Å². The van der Waals surface area contributed by atoms with Crippen LogP contribution in [0.25, 0.3) is 6.08 Å². The van der Waals surface area contributed by atoms with Crippen LogP contribution in [0.4, 0.5) is 5.69 Å². The molecule has 30 heavy (non-hydrogen) atoms. The average Bonchev–Trinajstić information content (AvgIpc) is 3.01. The van der Waals surface area contributed by atoms with Crippen LogP contribution < -0.4 is 9.47 Å². The summed E-state index contributed by atoms with van der Waals surface area (Å²) in [6.45, 7) is 7.62. The van der Waals surface area contributed by atoms with E-state index in [1.807, 2.05) is 57.2 Å². The monoisotopic (exact) mass is 444 g/mol. The molecule has 7 heteroatoms. The first kappa shape index (κ1) is 22.2. The fourth-order valence-electron chi connectivity index (χ4n) is 2.95. The maximum atomic E-state index is 13.0. The topological polar surface area (TPSA) is 51.1 Å². The summed E-state index contributed by atoms with van der Waals surface area (Å²) >= 11 is 7.34. The van der Waals surface area contributed by atoms with Gasteiger partial charge in [-0.25, -0.2) is 4.99 Å². The van der Waals surface area contributed by atoms with E-state index < -0.39 is 0 Å². The molecule has 0 saturated carbocycles. The van der Waals surface area contributed by atoms with Crippen molar-refractivity contribution in [3.8, 4) is 11.5 Å². The molecular formula is C23H25ClN2O3S. The zero-order valence-corrected chi connectivity index (χ0v) is 18.9. The lowest BCUT2D eigenvalue weighted by atomic mass is 10.2. The van der Waals surface area contributed by atoms with Crippen LogP contribution in [0.15, 0.2) is 52.4 Å². The van der Waals surface area contributed by atoms with Gasteiger partial charge in [0.05, 0.1) is 23.8 Å². The van der Waals surface area contributed by atoms with Gasteiger partial charge in [-0.3, -0.25) is 9.69 Å². The second kappa shape index (κ2) is 10.5. The molecule has 1 aliphatic rings. The summed E-state index contributed by atoms with van der Waals surface area (Å²) in [6, 6.07) is 13.0. The van der Waals surface area contributed by atoms with Gasteiger partial charge in [0.15, 0.2) is 16.7 Å². The Kier molecular flexibility index (Phi) is 7.82. The molecule has 0 atom stereocenters. The lowest BCUT2D eigenvalue weighted by Crippen LogP contribution is -2.29. The van der Waals surface area contributed by atoms with Crippen LogP contribution in [0.1, 0.15) is 32.8 Å². The van der Waals surface area contributed by atoms with Gasteiger partial charge in [0.25, 0.3) is 5.91 Å². The normalized spacial score (nSPS) is 16.5.